The Kier molecular flexibility index (Phi) is 5.02. The third-order valence-corrected chi connectivity index (χ3v) is 4.25. The topological polar surface area (TPSA) is 70.5 Å². The molecule has 7 nitrogen and oxygen atoms in total. The van der Waals surface area contributed by atoms with Gasteiger partial charge in [-0.3, -0.25) is 14.4 Å². The predicted octanol–water partition coefficient (Wildman–Crippen LogP) is 1.56. The molecule has 2 aromatic rings. The highest BCUT2D eigenvalue weighted by atomic mass is 16.2. The average Bonchev–Trinajstić information content (AvgIpc) is 3.11. The van der Waals surface area contributed by atoms with Gasteiger partial charge in [0.15, 0.2) is 0 Å². The number of aromatic nitrogens is 2. The molecule has 1 aliphatic heterocycles. The molecule has 0 bridgehead atoms. The van der Waals surface area contributed by atoms with E-state index in [0.717, 1.165) is 17.1 Å². The number of urea groups is 1. The number of hydrogen-bond acceptors (Lipinski definition) is 3. The van der Waals surface area contributed by atoms with E-state index in [1.54, 1.807) is 9.80 Å². The summed E-state index contributed by atoms with van der Waals surface area (Å²) in [4.78, 5) is 27.8. The van der Waals surface area contributed by atoms with Gasteiger partial charge >= 0.3 is 6.03 Å². The summed E-state index contributed by atoms with van der Waals surface area (Å²) < 4.78 is 1.87. The monoisotopic (exact) mass is 341 g/mol. The SMILES string of the molecule is Cc1cc(C)n(CCNC(=O)CN2CCN(c3ccccc3)C2=O)n1. The van der Waals surface area contributed by atoms with Crippen molar-refractivity contribution in [3.63, 3.8) is 0 Å². The molecule has 0 unspecified atom stereocenters. The summed E-state index contributed by atoms with van der Waals surface area (Å²) in [5.74, 6) is -0.148. The summed E-state index contributed by atoms with van der Waals surface area (Å²) in [6, 6.07) is 11.4. The number of carbonyl (C=O) groups excluding carboxylic acids is 2. The van der Waals surface area contributed by atoms with E-state index in [1.165, 1.54) is 0 Å². The summed E-state index contributed by atoms with van der Waals surface area (Å²) in [6.45, 7) is 6.28. The number of benzene rings is 1. The molecule has 0 saturated carbocycles. The van der Waals surface area contributed by atoms with Crippen LogP contribution in [0.15, 0.2) is 36.4 Å². The maximum Gasteiger partial charge on any atom is 0.325 e. The van der Waals surface area contributed by atoms with E-state index in [0.29, 0.717) is 26.2 Å². The van der Waals surface area contributed by atoms with E-state index < -0.39 is 0 Å². The van der Waals surface area contributed by atoms with Crippen LogP contribution in [0.5, 0.6) is 0 Å². The van der Waals surface area contributed by atoms with Gasteiger partial charge in [-0.15, -0.1) is 0 Å². The molecule has 3 rings (SSSR count). The van der Waals surface area contributed by atoms with Crippen LogP contribution in [0.4, 0.5) is 10.5 Å². The number of amides is 3. The third kappa shape index (κ3) is 3.99. The molecule has 2 heterocycles. The molecule has 1 N–H and O–H groups in total. The Balaban J connectivity index is 1.47. The lowest BCUT2D eigenvalue weighted by molar-refractivity contribution is -0.121. The van der Waals surface area contributed by atoms with Gasteiger partial charge < -0.3 is 10.2 Å². The van der Waals surface area contributed by atoms with Crippen LogP contribution >= 0.6 is 0 Å². The summed E-state index contributed by atoms with van der Waals surface area (Å²) in [5.41, 5.74) is 2.90. The molecule has 0 radical (unpaired) electrons. The minimum absolute atomic E-state index is 0.0826. The lowest BCUT2D eigenvalue weighted by Gasteiger charge is -2.18. The van der Waals surface area contributed by atoms with Gasteiger partial charge in [-0.1, -0.05) is 18.2 Å². The molecule has 0 spiro atoms. The zero-order valence-corrected chi connectivity index (χ0v) is 14.6. The van der Waals surface area contributed by atoms with Crippen molar-refractivity contribution in [3.8, 4) is 0 Å². The number of carbonyl (C=O) groups is 2. The van der Waals surface area contributed by atoms with Gasteiger partial charge in [-0.25, -0.2) is 4.79 Å². The standard InChI is InChI=1S/C18H23N5O2/c1-14-12-15(2)23(20-14)9-8-19-17(24)13-21-10-11-22(18(21)25)16-6-4-3-5-7-16/h3-7,12H,8-11,13H2,1-2H3,(H,19,24). The van der Waals surface area contributed by atoms with Crippen molar-refractivity contribution in [3.05, 3.63) is 47.8 Å². The fraction of sp³-hybridized carbons (Fsp3) is 0.389. The molecular weight excluding hydrogens is 318 g/mol. The Labute approximate surface area is 147 Å². The van der Waals surface area contributed by atoms with Gasteiger partial charge in [0.25, 0.3) is 0 Å². The van der Waals surface area contributed by atoms with Crippen LogP contribution in [0.1, 0.15) is 11.4 Å². The zero-order chi connectivity index (χ0) is 17.8. The van der Waals surface area contributed by atoms with Gasteiger partial charge in [0.05, 0.1) is 12.2 Å². The molecule has 1 aromatic heterocycles. The molecule has 7 heteroatoms. The number of para-hydroxylation sites is 1. The van der Waals surface area contributed by atoms with Gasteiger partial charge in [-0.05, 0) is 32.0 Å². The molecule has 1 saturated heterocycles. The minimum Gasteiger partial charge on any atom is -0.353 e. The quantitative estimate of drug-likeness (QED) is 0.867. The van der Waals surface area contributed by atoms with Crippen molar-refractivity contribution in [1.82, 2.24) is 20.0 Å². The van der Waals surface area contributed by atoms with E-state index >= 15 is 0 Å². The van der Waals surface area contributed by atoms with Crippen LogP contribution in [0.3, 0.4) is 0 Å². The summed E-state index contributed by atoms with van der Waals surface area (Å²) in [6.07, 6.45) is 0. The summed E-state index contributed by atoms with van der Waals surface area (Å²) >= 11 is 0. The predicted molar refractivity (Wildman–Crippen MR) is 95.5 cm³/mol. The fourth-order valence-electron chi connectivity index (χ4n) is 3.01. The maximum atomic E-state index is 12.4. The van der Waals surface area contributed by atoms with E-state index in [-0.39, 0.29) is 18.5 Å². The van der Waals surface area contributed by atoms with Gasteiger partial charge in [0, 0.05) is 31.0 Å². The number of anilines is 1. The van der Waals surface area contributed by atoms with Crippen molar-refractivity contribution in [2.45, 2.75) is 20.4 Å². The average molecular weight is 341 g/mol. The lowest BCUT2D eigenvalue weighted by Crippen LogP contribution is -2.40. The molecule has 25 heavy (non-hydrogen) atoms. The van der Waals surface area contributed by atoms with Crippen molar-refractivity contribution < 1.29 is 9.59 Å². The largest absolute Gasteiger partial charge is 0.353 e. The van der Waals surface area contributed by atoms with Crippen LogP contribution < -0.4 is 10.2 Å². The van der Waals surface area contributed by atoms with Crippen molar-refractivity contribution in [2.75, 3.05) is 31.1 Å². The Bertz CT molecular complexity index is 756. The number of nitrogens with one attached hydrogen (secondary N) is 1. The normalized spacial score (nSPS) is 14.2. The molecule has 1 aliphatic rings. The first-order chi connectivity index (χ1) is 12.0. The second-order valence-corrected chi connectivity index (χ2v) is 6.19. The van der Waals surface area contributed by atoms with E-state index in [1.807, 2.05) is 54.9 Å². The van der Waals surface area contributed by atoms with Crippen LogP contribution in [-0.2, 0) is 11.3 Å². The first-order valence-electron chi connectivity index (χ1n) is 8.44. The first kappa shape index (κ1) is 17.0. The van der Waals surface area contributed by atoms with Crippen LogP contribution in [-0.4, -0.2) is 52.8 Å². The Hall–Kier alpha value is -2.83. The van der Waals surface area contributed by atoms with E-state index in [4.69, 9.17) is 0 Å². The van der Waals surface area contributed by atoms with E-state index in [9.17, 15) is 9.59 Å². The molecule has 3 amide bonds. The van der Waals surface area contributed by atoms with E-state index in [2.05, 4.69) is 10.4 Å². The fourth-order valence-corrected chi connectivity index (χ4v) is 3.01. The molecule has 0 aliphatic carbocycles. The van der Waals surface area contributed by atoms with Crippen molar-refractivity contribution >= 4 is 17.6 Å². The maximum absolute atomic E-state index is 12.4. The van der Waals surface area contributed by atoms with Crippen molar-refractivity contribution in [1.29, 1.82) is 0 Å². The summed E-state index contributed by atoms with van der Waals surface area (Å²) in [5, 5.41) is 7.22. The lowest BCUT2D eigenvalue weighted by atomic mass is 10.3. The van der Waals surface area contributed by atoms with Gasteiger partial charge in [-0.2, -0.15) is 5.10 Å². The third-order valence-electron chi connectivity index (χ3n) is 4.25. The molecule has 0 atom stereocenters. The number of aryl methyl sites for hydroxylation is 2. The van der Waals surface area contributed by atoms with Gasteiger partial charge in [0.1, 0.15) is 6.54 Å². The second-order valence-electron chi connectivity index (χ2n) is 6.19. The van der Waals surface area contributed by atoms with Crippen LogP contribution in [0.2, 0.25) is 0 Å². The molecule has 1 aromatic carbocycles. The number of hydrogen-bond donors (Lipinski definition) is 1. The highest BCUT2D eigenvalue weighted by molar-refractivity contribution is 5.96. The summed E-state index contributed by atoms with van der Waals surface area (Å²) in [7, 11) is 0. The molecule has 1 fully saturated rings. The number of nitrogens with zero attached hydrogens (tertiary/aromatic N) is 4. The van der Waals surface area contributed by atoms with Gasteiger partial charge in [0.2, 0.25) is 5.91 Å². The van der Waals surface area contributed by atoms with Crippen LogP contribution in [0.25, 0.3) is 0 Å². The van der Waals surface area contributed by atoms with Crippen molar-refractivity contribution in [2.24, 2.45) is 0 Å². The highest BCUT2D eigenvalue weighted by Crippen LogP contribution is 2.19. The van der Waals surface area contributed by atoms with Crippen LogP contribution in [0, 0.1) is 13.8 Å². The number of rotatable bonds is 6. The molecular formula is C18H23N5O2. The minimum atomic E-state index is -0.148. The highest BCUT2D eigenvalue weighted by Gasteiger charge is 2.30. The Morgan fingerprint density at radius 3 is 2.64 bits per heavy atom. The zero-order valence-electron chi connectivity index (χ0n) is 14.6. The Morgan fingerprint density at radius 2 is 1.96 bits per heavy atom. The smallest absolute Gasteiger partial charge is 0.325 e. The Morgan fingerprint density at radius 1 is 1.20 bits per heavy atom. The first-order valence-corrected chi connectivity index (χ1v) is 8.44. The second kappa shape index (κ2) is 7.38. The molecule has 132 valence electrons.